The molecule has 3 N–H and O–H groups in total. The van der Waals surface area contributed by atoms with Gasteiger partial charge in [-0.2, -0.15) is 0 Å². The molecule has 0 bridgehead atoms. The average molecular weight is 279 g/mol. The van der Waals surface area contributed by atoms with Gasteiger partial charge in [-0.25, -0.2) is 4.79 Å². The molecule has 7 nitrogen and oxygen atoms in total. The van der Waals surface area contributed by atoms with E-state index in [-0.39, 0.29) is 18.4 Å². The number of nitrogens with one attached hydrogen (secondary N) is 3. The molecule has 0 aliphatic carbocycles. The Morgan fingerprint density at radius 2 is 2.30 bits per heavy atom. The second-order valence-corrected chi connectivity index (χ2v) is 4.81. The number of urea groups is 1. The smallest absolute Gasteiger partial charge is 0.322 e. The van der Waals surface area contributed by atoms with Gasteiger partial charge in [0.1, 0.15) is 11.8 Å². The zero-order valence-corrected chi connectivity index (χ0v) is 11.1. The molecule has 0 radical (unpaired) electrons. The van der Waals surface area contributed by atoms with Gasteiger partial charge in [0, 0.05) is 12.5 Å². The van der Waals surface area contributed by atoms with Gasteiger partial charge in [0.2, 0.25) is 5.91 Å². The van der Waals surface area contributed by atoms with Crippen molar-refractivity contribution < 1.29 is 18.8 Å². The molecule has 4 amide bonds. The number of carbonyl (C=O) groups excluding carboxylic acids is 3. The van der Waals surface area contributed by atoms with Gasteiger partial charge in [0.05, 0.1) is 12.7 Å². The van der Waals surface area contributed by atoms with Crippen LogP contribution in [0.15, 0.2) is 22.8 Å². The maximum Gasteiger partial charge on any atom is 0.322 e. The molecule has 108 valence electrons. The minimum Gasteiger partial charge on any atom is -0.469 e. The van der Waals surface area contributed by atoms with Crippen LogP contribution in [-0.4, -0.2) is 29.9 Å². The number of aryl methyl sites for hydroxylation is 1. The standard InChI is InChI=1S/C13H17N3O4/c1-8(4-5-9-3-2-6-20-9)14-11(17)7-10-12(18)16-13(19)15-10/h2-3,6,8,10H,4-5,7H2,1H3,(H,14,17)(H2,15,16,18,19)/t8-,10-/m0/s1. The average Bonchev–Trinajstić information content (AvgIpc) is 2.97. The Kier molecular flexibility index (Phi) is 4.39. The van der Waals surface area contributed by atoms with Crippen LogP contribution in [0.2, 0.25) is 0 Å². The summed E-state index contributed by atoms with van der Waals surface area (Å²) in [6, 6.07) is 2.33. The Bertz CT molecular complexity index is 498. The third kappa shape index (κ3) is 3.84. The van der Waals surface area contributed by atoms with Crippen molar-refractivity contribution >= 4 is 17.8 Å². The summed E-state index contributed by atoms with van der Waals surface area (Å²) >= 11 is 0. The predicted molar refractivity (Wildman–Crippen MR) is 69.7 cm³/mol. The van der Waals surface area contributed by atoms with Gasteiger partial charge in [0.15, 0.2) is 0 Å². The van der Waals surface area contributed by atoms with Gasteiger partial charge in [-0.15, -0.1) is 0 Å². The van der Waals surface area contributed by atoms with E-state index in [1.165, 1.54) is 0 Å². The molecule has 1 aliphatic rings. The van der Waals surface area contributed by atoms with Crippen molar-refractivity contribution in [2.45, 2.75) is 38.3 Å². The molecule has 2 heterocycles. The lowest BCUT2D eigenvalue weighted by molar-refractivity contribution is -0.126. The Balaban J connectivity index is 1.71. The van der Waals surface area contributed by atoms with Crippen molar-refractivity contribution in [1.82, 2.24) is 16.0 Å². The molecule has 0 aromatic carbocycles. The maximum absolute atomic E-state index is 11.8. The fourth-order valence-corrected chi connectivity index (χ4v) is 2.01. The van der Waals surface area contributed by atoms with Crippen LogP contribution >= 0.6 is 0 Å². The van der Waals surface area contributed by atoms with E-state index in [2.05, 4.69) is 16.0 Å². The van der Waals surface area contributed by atoms with E-state index in [1.54, 1.807) is 6.26 Å². The molecule has 1 aromatic rings. The van der Waals surface area contributed by atoms with E-state index in [9.17, 15) is 14.4 Å². The molecule has 1 aliphatic heterocycles. The topological polar surface area (TPSA) is 100 Å². The molecule has 0 saturated carbocycles. The fourth-order valence-electron chi connectivity index (χ4n) is 2.01. The molecular formula is C13H17N3O4. The van der Waals surface area contributed by atoms with Crippen molar-refractivity contribution in [3.63, 3.8) is 0 Å². The summed E-state index contributed by atoms with van der Waals surface area (Å²) in [5.74, 6) is 0.140. The highest BCUT2D eigenvalue weighted by Gasteiger charge is 2.31. The van der Waals surface area contributed by atoms with E-state index in [4.69, 9.17) is 4.42 Å². The van der Waals surface area contributed by atoms with Crippen LogP contribution in [0.4, 0.5) is 4.79 Å². The summed E-state index contributed by atoms with van der Waals surface area (Å²) in [5, 5.41) is 7.27. The van der Waals surface area contributed by atoms with Crippen LogP contribution in [0.1, 0.15) is 25.5 Å². The number of hydrogen-bond acceptors (Lipinski definition) is 4. The molecule has 1 aromatic heterocycles. The van der Waals surface area contributed by atoms with Crippen molar-refractivity contribution in [2.24, 2.45) is 0 Å². The second-order valence-electron chi connectivity index (χ2n) is 4.81. The zero-order chi connectivity index (χ0) is 14.5. The van der Waals surface area contributed by atoms with Gasteiger partial charge in [-0.05, 0) is 25.5 Å². The first-order valence-corrected chi connectivity index (χ1v) is 6.47. The second kappa shape index (κ2) is 6.23. The van der Waals surface area contributed by atoms with Gasteiger partial charge in [0.25, 0.3) is 5.91 Å². The number of amides is 4. The van der Waals surface area contributed by atoms with Crippen LogP contribution in [0.25, 0.3) is 0 Å². The lowest BCUT2D eigenvalue weighted by Gasteiger charge is -2.14. The van der Waals surface area contributed by atoms with E-state index in [0.29, 0.717) is 0 Å². The molecule has 0 unspecified atom stereocenters. The minimum atomic E-state index is -0.778. The summed E-state index contributed by atoms with van der Waals surface area (Å²) in [7, 11) is 0. The van der Waals surface area contributed by atoms with E-state index >= 15 is 0 Å². The lowest BCUT2D eigenvalue weighted by atomic mass is 10.1. The van der Waals surface area contributed by atoms with Crippen LogP contribution in [0.3, 0.4) is 0 Å². The van der Waals surface area contributed by atoms with E-state index in [0.717, 1.165) is 18.6 Å². The Morgan fingerprint density at radius 1 is 1.50 bits per heavy atom. The molecular weight excluding hydrogens is 262 g/mol. The summed E-state index contributed by atoms with van der Waals surface area (Å²) in [4.78, 5) is 34.0. The predicted octanol–water partition coefficient (Wildman–Crippen LogP) is 0.315. The number of carbonyl (C=O) groups is 3. The van der Waals surface area contributed by atoms with Crippen LogP contribution in [0, 0.1) is 0 Å². The highest BCUT2D eigenvalue weighted by molar-refractivity contribution is 6.05. The minimum absolute atomic E-state index is 0.0345. The summed E-state index contributed by atoms with van der Waals surface area (Å²) < 4.78 is 5.21. The normalized spacial score (nSPS) is 19.4. The van der Waals surface area contributed by atoms with Crippen LogP contribution in [0.5, 0.6) is 0 Å². The molecule has 0 spiro atoms. The molecule has 1 saturated heterocycles. The lowest BCUT2D eigenvalue weighted by Crippen LogP contribution is -2.39. The van der Waals surface area contributed by atoms with Crippen molar-refractivity contribution in [3.05, 3.63) is 24.2 Å². The number of imide groups is 1. The van der Waals surface area contributed by atoms with Gasteiger partial charge < -0.3 is 15.1 Å². The third-order valence-electron chi connectivity index (χ3n) is 3.06. The quantitative estimate of drug-likeness (QED) is 0.653. The van der Waals surface area contributed by atoms with Gasteiger partial charge in [-0.1, -0.05) is 0 Å². The van der Waals surface area contributed by atoms with Gasteiger partial charge in [-0.3, -0.25) is 14.9 Å². The van der Waals surface area contributed by atoms with Crippen molar-refractivity contribution in [3.8, 4) is 0 Å². The zero-order valence-electron chi connectivity index (χ0n) is 11.1. The number of rotatable bonds is 6. The van der Waals surface area contributed by atoms with Gasteiger partial charge >= 0.3 is 6.03 Å². The Hall–Kier alpha value is -2.31. The number of furan rings is 1. The Labute approximate surface area is 116 Å². The first-order chi connectivity index (χ1) is 9.54. The monoisotopic (exact) mass is 279 g/mol. The molecule has 2 atom stereocenters. The van der Waals surface area contributed by atoms with Crippen LogP contribution in [-0.2, 0) is 16.0 Å². The molecule has 2 rings (SSSR count). The summed E-state index contributed by atoms with van der Waals surface area (Å²) in [5.41, 5.74) is 0. The largest absolute Gasteiger partial charge is 0.469 e. The Morgan fingerprint density at radius 3 is 2.90 bits per heavy atom. The van der Waals surface area contributed by atoms with Crippen LogP contribution < -0.4 is 16.0 Å². The van der Waals surface area contributed by atoms with Crippen molar-refractivity contribution in [2.75, 3.05) is 0 Å². The van der Waals surface area contributed by atoms with E-state index < -0.39 is 18.0 Å². The highest BCUT2D eigenvalue weighted by atomic mass is 16.3. The summed E-state index contributed by atoms with van der Waals surface area (Å²) in [6.07, 6.45) is 3.03. The van der Waals surface area contributed by atoms with Crippen molar-refractivity contribution in [1.29, 1.82) is 0 Å². The number of hydrogen-bond donors (Lipinski definition) is 3. The SMILES string of the molecule is C[C@@H](CCc1ccco1)NC(=O)C[C@@H]1NC(=O)NC1=O. The first-order valence-electron chi connectivity index (χ1n) is 6.47. The maximum atomic E-state index is 11.8. The summed E-state index contributed by atoms with van der Waals surface area (Å²) in [6.45, 7) is 1.88. The highest BCUT2D eigenvalue weighted by Crippen LogP contribution is 2.06. The van der Waals surface area contributed by atoms with E-state index in [1.807, 2.05) is 19.1 Å². The molecule has 7 heteroatoms. The molecule has 1 fully saturated rings. The third-order valence-corrected chi connectivity index (χ3v) is 3.06. The first kappa shape index (κ1) is 14.1. The molecule has 20 heavy (non-hydrogen) atoms. The fraction of sp³-hybridized carbons (Fsp3) is 0.462.